The van der Waals surface area contributed by atoms with Gasteiger partial charge in [-0.25, -0.2) is 18.0 Å². The van der Waals surface area contributed by atoms with Crippen molar-refractivity contribution >= 4 is 23.3 Å². The maximum absolute atomic E-state index is 14.9. The fraction of sp³-hybridized carbons (Fsp3) is 0.286. The van der Waals surface area contributed by atoms with Crippen LogP contribution in [0, 0.1) is 11.6 Å². The van der Waals surface area contributed by atoms with Gasteiger partial charge >= 0.3 is 12.5 Å². The molecule has 2 aromatic carbocycles. The van der Waals surface area contributed by atoms with Crippen molar-refractivity contribution in [3.05, 3.63) is 64.5 Å². The van der Waals surface area contributed by atoms with Crippen LogP contribution in [0.25, 0.3) is 11.5 Å². The molecule has 174 valence electrons. The Morgan fingerprint density at radius 2 is 1.97 bits per heavy atom. The van der Waals surface area contributed by atoms with Crippen LogP contribution in [0.15, 0.2) is 40.8 Å². The Balaban J connectivity index is 1.63. The summed E-state index contributed by atoms with van der Waals surface area (Å²) in [6.45, 7) is -0.224. The van der Waals surface area contributed by atoms with E-state index in [1.165, 1.54) is 29.2 Å². The zero-order chi connectivity index (χ0) is 23.7. The lowest BCUT2D eigenvalue weighted by Crippen LogP contribution is -2.42. The number of anilines is 1. The maximum atomic E-state index is 14.9. The Bertz CT molecular complexity index is 1180. The van der Waals surface area contributed by atoms with Crippen molar-refractivity contribution in [3.63, 3.8) is 0 Å². The quantitative estimate of drug-likeness (QED) is 0.429. The highest BCUT2D eigenvalue weighted by Gasteiger charge is 2.31. The van der Waals surface area contributed by atoms with Crippen LogP contribution in [0.1, 0.15) is 24.3 Å². The molecule has 1 atom stereocenters. The average Bonchev–Trinajstić information content (AvgIpc) is 3.44. The number of rotatable bonds is 5. The van der Waals surface area contributed by atoms with Crippen molar-refractivity contribution in [2.24, 2.45) is 0 Å². The minimum absolute atomic E-state index is 0.0529. The van der Waals surface area contributed by atoms with E-state index in [1.54, 1.807) is 0 Å². The molecule has 0 bridgehead atoms. The molecule has 0 spiro atoms. The first-order valence-electron chi connectivity index (χ1n) is 9.79. The van der Waals surface area contributed by atoms with Crippen molar-refractivity contribution in [3.8, 4) is 11.5 Å². The molecule has 1 unspecified atom stereocenters. The number of aromatic nitrogens is 2. The zero-order valence-electron chi connectivity index (χ0n) is 16.8. The molecule has 2 heterocycles. The summed E-state index contributed by atoms with van der Waals surface area (Å²) in [5.41, 5.74) is 0.311. The van der Waals surface area contributed by atoms with Gasteiger partial charge in [0.05, 0.1) is 18.1 Å². The van der Waals surface area contributed by atoms with E-state index in [4.69, 9.17) is 16.0 Å². The summed E-state index contributed by atoms with van der Waals surface area (Å²) in [6, 6.07) is 6.69. The molecule has 6 nitrogen and oxygen atoms in total. The summed E-state index contributed by atoms with van der Waals surface area (Å²) in [6.07, 6.45) is -3.96. The second-order valence-corrected chi connectivity index (χ2v) is 7.76. The minimum atomic E-state index is -2.97. The lowest BCUT2D eigenvalue weighted by Gasteiger charge is -2.28. The van der Waals surface area contributed by atoms with Crippen LogP contribution in [0.4, 0.5) is 32.4 Å². The van der Waals surface area contributed by atoms with Crippen molar-refractivity contribution < 1.29 is 31.2 Å². The van der Waals surface area contributed by atoms with Crippen molar-refractivity contribution in [1.82, 2.24) is 15.1 Å². The Kier molecular flexibility index (Phi) is 6.50. The molecule has 0 N–H and O–H groups in total. The minimum Gasteiger partial charge on any atom is -0.415 e. The number of hydrogen-bond acceptors (Lipinski definition) is 4. The van der Waals surface area contributed by atoms with Gasteiger partial charge in [0.1, 0.15) is 17.8 Å². The monoisotopic (exact) mass is 486 g/mol. The predicted octanol–water partition coefficient (Wildman–Crippen LogP) is 5.78. The largest absolute Gasteiger partial charge is 0.415 e. The lowest BCUT2D eigenvalue weighted by molar-refractivity contribution is 0.116. The second-order valence-electron chi connectivity index (χ2n) is 7.35. The standard InChI is InChI=1S/C21H16ClF5N4O2/c22-15-8-14(3-4-16(15)24)31(21(32)30-6-5-13(23)10-30)9-12-2-1-11(7-17(12)25)19-28-29-20(33-19)18(26)27/h1-4,7-8,13,18H,5-6,9-10H2. The highest BCUT2D eigenvalue weighted by Crippen LogP contribution is 2.29. The van der Waals surface area contributed by atoms with Crippen LogP contribution in [0.5, 0.6) is 0 Å². The summed E-state index contributed by atoms with van der Waals surface area (Å²) in [4.78, 5) is 15.5. The van der Waals surface area contributed by atoms with Crippen LogP contribution >= 0.6 is 11.6 Å². The Labute approximate surface area is 189 Å². The van der Waals surface area contributed by atoms with E-state index in [1.807, 2.05) is 0 Å². The van der Waals surface area contributed by atoms with E-state index >= 15 is 0 Å². The Hall–Kier alpha value is -3.21. The summed E-state index contributed by atoms with van der Waals surface area (Å²) < 4.78 is 72.3. The molecule has 0 saturated carbocycles. The van der Waals surface area contributed by atoms with Crippen molar-refractivity contribution in [2.45, 2.75) is 25.6 Å². The Morgan fingerprint density at radius 3 is 2.58 bits per heavy atom. The molecule has 2 amide bonds. The third-order valence-electron chi connectivity index (χ3n) is 5.10. The maximum Gasteiger partial charge on any atom is 0.324 e. The van der Waals surface area contributed by atoms with Gasteiger partial charge in [-0.3, -0.25) is 4.90 Å². The first-order valence-corrected chi connectivity index (χ1v) is 10.2. The van der Waals surface area contributed by atoms with Gasteiger partial charge in [-0.1, -0.05) is 17.7 Å². The molecule has 12 heteroatoms. The average molecular weight is 487 g/mol. The lowest BCUT2D eigenvalue weighted by atomic mass is 10.1. The van der Waals surface area contributed by atoms with Crippen molar-refractivity contribution in [2.75, 3.05) is 18.0 Å². The van der Waals surface area contributed by atoms with Gasteiger partial charge in [0.25, 0.3) is 5.89 Å². The topological polar surface area (TPSA) is 62.5 Å². The number of amides is 2. The number of carbonyl (C=O) groups is 1. The molecular weight excluding hydrogens is 471 g/mol. The van der Waals surface area contributed by atoms with Gasteiger partial charge in [-0.15, -0.1) is 10.2 Å². The van der Waals surface area contributed by atoms with Gasteiger partial charge in [0.15, 0.2) is 0 Å². The second kappa shape index (κ2) is 9.34. The highest BCUT2D eigenvalue weighted by molar-refractivity contribution is 6.31. The molecule has 3 aromatic rings. The van der Waals surface area contributed by atoms with Crippen molar-refractivity contribution in [1.29, 1.82) is 0 Å². The van der Waals surface area contributed by atoms with Crippen LogP contribution in [0.3, 0.4) is 0 Å². The number of alkyl halides is 3. The number of hydrogen-bond donors (Lipinski definition) is 0. The molecule has 1 aliphatic rings. The van der Waals surface area contributed by atoms with E-state index in [0.717, 1.165) is 17.0 Å². The van der Waals surface area contributed by atoms with Gasteiger partial charge in [0, 0.05) is 23.4 Å². The molecule has 1 saturated heterocycles. The number of benzene rings is 2. The highest BCUT2D eigenvalue weighted by atomic mass is 35.5. The zero-order valence-corrected chi connectivity index (χ0v) is 17.6. The number of likely N-dealkylation sites (tertiary alicyclic amines) is 1. The third-order valence-corrected chi connectivity index (χ3v) is 5.39. The fourth-order valence-corrected chi connectivity index (χ4v) is 3.58. The molecule has 1 fully saturated rings. The molecule has 1 aromatic heterocycles. The SMILES string of the molecule is O=C(N1CCC(F)C1)N(Cc1ccc(-c2nnc(C(F)F)o2)cc1F)c1ccc(F)c(Cl)c1. The first kappa shape index (κ1) is 23.0. The van der Waals surface area contributed by atoms with E-state index in [-0.39, 0.29) is 53.8 Å². The first-order chi connectivity index (χ1) is 15.7. The molecule has 1 aliphatic heterocycles. The number of halogens is 6. The fourth-order valence-electron chi connectivity index (χ4n) is 3.40. The Morgan fingerprint density at radius 1 is 1.18 bits per heavy atom. The smallest absolute Gasteiger partial charge is 0.324 e. The number of carbonyl (C=O) groups excluding carboxylic acids is 1. The molecule has 33 heavy (non-hydrogen) atoms. The van der Waals surface area contributed by atoms with Crippen LogP contribution in [0.2, 0.25) is 5.02 Å². The summed E-state index contributed by atoms with van der Waals surface area (Å²) in [5.74, 6) is -2.66. The van der Waals surface area contributed by atoms with Gasteiger partial charge in [0.2, 0.25) is 5.89 Å². The molecule has 0 radical (unpaired) electrons. The predicted molar refractivity (Wildman–Crippen MR) is 109 cm³/mol. The molecule has 0 aliphatic carbocycles. The number of nitrogens with zero attached hydrogens (tertiary/aromatic N) is 4. The van der Waals surface area contributed by atoms with Crippen LogP contribution < -0.4 is 4.90 Å². The van der Waals surface area contributed by atoms with Gasteiger partial charge in [-0.2, -0.15) is 8.78 Å². The van der Waals surface area contributed by atoms with Crippen LogP contribution in [-0.2, 0) is 6.54 Å². The van der Waals surface area contributed by atoms with Gasteiger partial charge in [-0.05, 0) is 36.8 Å². The van der Waals surface area contributed by atoms with E-state index in [2.05, 4.69) is 10.2 Å². The van der Waals surface area contributed by atoms with Crippen LogP contribution in [-0.4, -0.2) is 40.4 Å². The van der Waals surface area contributed by atoms with E-state index in [9.17, 15) is 26.7 Å². The number of urea groups is 1. The molecular formula is C21H16ClF5N4O2. The summed E-state index contributed by atoms with van der Waals surface area (Å²) in [7, 11) is 0. The summed E-state index contributed by atoms with van der Waals surface area (Å²) >= 11 is 5.86. The van der Waals surface area contributed by atoms with E-state index < -0.39 is 36.2 Å². The van der Waals surface area contributed by atoms with E-state index in [0.29, 0.717) is 0 Å². The van der Waals surface area contributed by atoms with Gasteiger partial charge < -0.3 is 9.32 Å². The summed E-state index contributed by atoms with van der Waals surface area (Å²) in [5, 5.41) is 6.43. The molecule has 4 rings (SSSR count). The third kappa shape index (κ3) is 4.92. The normalized spacial score (nSPS) is 16.0.